The molecule has 0 unspecified atom stereocenters. The fraction of sp³-hybridized carbons (Fsp3) is 0.167. The van der Waals surface area contributed by atoms with Crippen LogP contribution in [0.2, 0.25) is 0 Å². The number of benzene rings is 1. The van der Waals surface area contributed by atoms with Crippen LogP contribution in [0.3, 0.4) is 0 Å². The topological polar surface area (TPSA) is 54.4 Å². The number of hydrogen-bond donors (Lipinski definition) is 1. The molecule has 1 aromatic heterocycles. The number of hydrogen-bond acceptors (Lipinski definition) is 3. The van der Waals surface area contributed by atoms with Gasteiger partial charge in [-0.15, -0.1) is 0 Å². The van der Waals surface area contributed by atoms with Gasteiger partial charge >= 0.3 is 0 Å². The Bertz CT molecular complexity index is 672. The Morgan fingerprint density at radius 1 is 1.18 bits per heavy atom. The lowest BCUT2D eigenvalue weighted by molar-refractivity contribution is 0.0967. The molecule has 4 heteroatoms. The zero-order valence-electron chi connectivity index (χ0n) is 12.8. The predicted molar refractivity (Wildman–Crippen MR) is 88.7 cm³/mol. The van der Waals surface area contributed by atoms with Crippen LogP contribution < -0.4 is 5.32 Å². The van der Waals surface area contributed by atoms with Gasteiger partial charge in [0.25, 0.3) is 5.91 Å². The third-order valence-corrected chi connectivity index (χ3v) is 3.05. The number of aliphatic imine (C=N–C) groups is 1. The molecule has 1 amide bonds. The zero-order chi connectivity index (χ0) is 15.8. The monoisotopic (exact) mass is 293 g/mol. The molecule has 0 saturated carbocycles. The lowest BCUT2D eigenvalue weighted by Crippen LogP contribution is -2.24. The van der Waals surface area contributed by atoms with Gasteiger partial charge in [0.2, 0.25) is 0 Å². The zero-order valence-corrected chi connectivity index (χ0v) is 12.8. The van der Waals surface area contributed by atoms with Crippen molar-refractivity contribution in [1.29, 1.82) is 0 Å². The van der Waals surface area contributed by atoms with Crippen molar-refractivity contribution in [3.05, 3.63) is 77.3 Å². The fourth-order valence-corrected chi connectivity index (χ4v) is 1.80. The van der Waals surface area contributed by atoms with Gasteiger partial charge < -0.3 is 5.32 Å². The molecule has 1 aromatic carbocycles. The molecule has 4 nitrogen and oxygen atoms in total. The van der Waals surface area contributed by atoms with Crippen LogP contribution in [0.15, 0.2) is 71.1 Å². The number of aromatic nitrogens is 1. The summed E-state index contributed by atoms with van der Waals surface area (Å²) in [5.74, 6) is -0.185. The Labute approximate surface area is 130 Å². The Kier molecular flexibility index (Phi) is 5.60. The standard InChI is InChI=1S/C18H19N3O/c1-14(2)17(13-20-11-15-7-4-3-5-8-15)21-18(22)16-9-6-10-19-12-16/h3-10,12-13H,11H2,1-2H3,(H,21,22). The lowest BCUT2D eigenvalue weighted by Gasteiger charge is -2.07. The second kappa shape index (κ2) is 7.88. The number of amides is 1. The van der Waals surface area contributed by atoms with Crippen molar-refractivity contribution < 1.29 is 4.79 Å². The molecule has 22 heavy (non-hydrogen) atoms. The van der Waals surface area contributed by atoms with Crippen LogP contribution in [0.25, 0.3) is 0 Å². The molecule has 0 aliphatic rings. The molecule has 112 valence electrons. The summed E-state index contributed by atoms with van der Waals surface area (Å²) in [4.78, 5) is 20.5. The molecule has 0 spiro atoms. The van der Waals surface area contributed by atoms with Gasteiger partial charge in [0.15, 0.2) is 0 Å². The van der Waals surface area contributed by atoms with Crippen molar-refractivity contribution in [1.82, 2.24) is 10.3 Å². The highest BCUT2D eigenvalue weighted by Gasteiger charge is 2.07. The summed E-state index contributed by atoms with van der Waals surface area (Å²) in [6, 6.07) is 13.4. The first-order chi connectivity index (χ1) is 10.7. The van der Waals surface area contributed by atoms with Gasteiger partial charge in [-0.25, -0.2) is 0 Å². The molecule has 0 saturated heterocycles. The van der Waals surface area contributed by atoms with E-state index in [1.807, 2.05) is 44.2 Å². The van der Waals surface area contributed by atoms with Crippen molar-refractivity contribution in [2.24, 2.45) is 4.99 Å². The summed E-state index contributed by atoms with van der Waals surface area (Å²) in [6.45, 7) is 4.46. The van der Waals surface area contributed by atoms with Crippen LogP contribution in [0, 0.1) is 0 Å². The van der Waals surface area contributed by atoms with Crippen LogP contribution in [-0.4, -0.2) is 17.1 Å². The minimum Gasteiger partial charge on any atom is -0.321 e. The number of allylic oxidation sites excluding steroid dienone is 2. The molecular formula is C18H19N3O. The Morgan fingerprint density at radius 3 is 2.59 bits per heavy atom. The van der Waals surface area contributed by atoms with Crippen LogP contribution in [-0.2, 0) is 6.54 Å². The second-order valence-electron chi connectivity index (χ2n) is 5.06. The molecule has 0 atom stereocenters. The van der Waals surface area contributed by atoms with Gasteiger partial charge in [0, 0.05) is 18.6 Å². The number of nitrogens with zero attached hydrogens (tertiary/aromatic N) is 2. The molecule has 2 rings (SSSR count). The van der Waals surface area contributed by atoms with Crippen LogP contribution in [0.5, 0.6) is 0 Å². The van der Waals surface area contributed by atoms with E-state index in [4.69, 9.17) is 0 Å². The molecule has 1 heterocycles. The molecule has 0 fully saturated rings. The van der Waals surface area contributed by atoms with E-state index in [2.05, 4.69) is 15.3 Å². The summed E-state index contributed by atoms with van der Waals surface area (Å²) in [7, 11) is 0. The minimum absolute atomic E-state index is 0.185. The summed E-state index contributed by atoms with van der Waals surface area (Å²) < 4.78 is 0. The maximum absolute atomic E-state index is 12.1. The van der Waals surface area contributed by atoms with Crippen molar-refractivity contribution in [3.8, 4) is 0 Å². The summed E-state index contributed by atoms with van der Waals surface area (Å²) >= 11 is 0. The van der Waals surface area contributed by atoms with E-state index in [0.29, 0.717) is 17.8 Å². The Hall–Kier alpha value is -2.75. The van der Waals surface area contributed by atoms with E-state index in [-0.39, 0.29) is 5.91 Å². The van der Waals surface area contributed by atoms with Crippen LogP contribution in [0.1, 0.15) is 29.8 Å². The van der Waals surface area contributed by atoms with E-state index in [1.54, 1.807) is 30.7 Å². The fourth-order valence-electron chi connectivity index (χ4n) is 1.80. The van der Waals surface area contributed by atoms with Crippen molar-refractivity contribution in [3.63, 3.8) is 0 Å². The van der Waals surface area contributed by atoms with E-state index in [1.165, 1.54) is 0 Å². The van der Waals surface area contributed by atoms with Gasteiger partial charge in [-0.05, 0) is 31.5 Å². The predicted octanol–water partition coefficient (Wildman–Crippen LogP) is 3.38. The van der Waals surface area contributed by atoms with Crippen LogP contribution in [0.4, 0.5) is 0 Å². The number of nitrogens with one attached hydrogen (secondary N) is 1. The summed E-state index contributed by atoms with van der Waals surface area (Å²) in [5.41, 5.74) is 3.36. The van der Waals surface area contributed by atoms with Gasteiger partial charge in [0.05, 0.1) is 17.8 Å². The Balaban J connectivity index is 2.02. The quantitative estimate of drug-likeness (QED) is 0.859. The highest BCUT2D eigenvalue weighted by Crippen LogP contribution is 2.03. The number of rotatable bonds is 5. The van der Waals surface area contributed by atoms with Crippen molar-refractivity contribution in [2.45, 2.75) is 20.4 Å². The molecule has 0 aliphatic heterocycles. The third-order valence-electron chi connectivity index (χ3n) is 3.05. The first-order valence-electron chi connectivity index (χ1n) is 7.09. The number of pyridine rings is 1. The smallest absolute Gasteiger partial charge is 0.257 e. The lowest BCUT2D eigenvalue weighted by atomic mass is 10.2. The average Bonchev–Trinajstić information content (AvgIpc) is 2.55. The minimum atomic E-state index is -0.185. The highest BCUT2D eigenvalue weighted by molar-refractivity contribution is 5.98. The Morgan fingerprint density at radius 2 is 1.95 bits per heavy atom. The van der Waals surface area contributed by atoms with Gasteiger partial charge in [-0.1, -0.05) is 35.9 Å². The maximum Gasteiger partial charge on any atom is 0.257 e. The molecule has 0 bridgehead atoms. The van der Waals surface area contributed by atoms with E-state index in [0.717, 1.165) is 11.1 Å². The SMILES string of the molecule is CC(C)=C(C=NCc1ccccc1)NC(=O)c1cccnc1. The summed E-state index contributed by atoms with van der Waals surface area (Å²) in [6.07, 6.45) is 4.88. The van der Waals surface area contributed by atoms with Gasteiger partial charge in [-0.3, -0.25) is 14.8 Å². The first kappa shape index (κ1) is 15.6. The average molecular weight is 293 g/mol. The molecule has 0 aliphatic carbocycles. The third kappa shape index (κ3) is 4.66. The van der Waals surface area contributed by atoms with Crippen LogP contribution >= 0.6 is 0 Å². The van der Waals surface area contributed by atoms with E-state index < -0.39 is 0 Å². The maximum atomic E-state index is 12.1. The van der Waals surface area contributed by atoms with E-state index in [9.17, 15) is 4.79 Å². The second-order valence-corrected chi connectivity index (χ2v) is 5.06. The van der Waals surface area contributed by atoms with E-state index >= 15 is 0 Å². The van der Waals surface area contributed by atoms with Crippen molar-refractivity contribution >= 4 is 12.1 Å². The normalized spacial score (nSPS) is 10.5. The highest BCUT2D eigenvalue weighted by atomic mass is 16.1. The largest absolute Gasteiger partial charge is 0.321 e. The molecule has 2 aromatic rings. The summed E-state index contributed by atoms with van der Waals surface area (Å²) in [5, 5.41) is 2.87. The number of carbonyl (C=O) groups is 1. The molecule has 1 N–H and O–H groups in total. The molecule has 0 radical (unpaired) electrons. The van der Waals surface area contributed by atoms with Crippen molar-refractivity contribution in [2.75, 3.05) is 0 Å². The molecular weight excluding hydrogens is 274 g/mol. The van der Waals surface area contributed by atoms with Gasteiger partial charge in [-0.2, -0.15) is 0 Å². The number of carbonyl (C=O) groups excluding carboxylic acids is 1. The van der Waals surface area contributed by atoms with Gasteiger partial charge in [0.1, 0.15) is 0 Å². The first-order valence-corrected chi connectivity index (χ1v) is 7.09.